The van der Waals surface area contributed by atoms with Crippen LogP contribution >= 0.6 is 0 Å². The van der Waals surface area contributed by atoms with Gasteiger partial charge >= 0.3 is 0 Å². The van der Waals surface area contributed by atoms with Crippen LogP contribution in [0.3, 0.4) is 0 Å². The fraction of sp³-hybridized carbons (Fsp3) is 0.889. The van der Waals surface area contributed by atoms with Crippen molar-refractivity contribution in [2.75, 3.05) is 13.2 Å². The molecule has 76 valence electrons. The van der Waals surface area contributed by atoms with Crippen molar-refractivity contribution in [1.82, 2.24) is 5.32 Å². The summed E-state index contributed by atoms with van der Waals surface area (Å²) in [5.41, 5.74) is 4.64. The maximum atomic E-state index is 11.6. The fourth-order valence-corrected chi connectivity index (χ4v) is 1.15. The predicted octanol–water partition coefficient (Wildman–Crippen LogP) is -0.388. The van der Waals surface area contributed by atoms with Crippen LogP contribution in [0.1, 0.15) is 26.7 Å². The van der Waals surface area contributed by atoms with Crippen LogP contribution in [0.4, 0.5) is 0 Å². The summed E-state index contributed by atoms with van der Waals surface area (Å²) >= 11 is 0. The number of carbonyl (C=O) groups is 1. The van der Waals surface area contributed by atoms with E-state index in [9.17, 15) is 4.79 Å². The molecule has 1 aliphatic carbocycles. The molecular formula is C9H18N2O2. The number of amides is 1. The van der Waals surface area contributed by atoms with E-state index in [4.69, 9.17) is 10.8 Å². The molecule has 0 saturated heterocycles. The number of hydrogen-bond acceptors (Lipinski definition) is 3. The van der Waals surface area contributed by atoms with Crippen LogP contribution in [-0.2, 0) is 4.79 Å². The summed E-state index contributed by atoms with van der Waals surface area (Å²) in [6.45, 7) is 3.93. The quantitative estimate of drug-likeness (QED) is 0.560. The zero-order chi connectivity index (χ0) is 10.1. The number of aliphatic hydroxyl groups is 1. The molecule has 0 aromatic heterocycles. The van der Waals surface area contributed by atoms with Gasteiger partial charge in [-0.1, -0.05) is 0 Å². The highest BCUT2D eigenvalue weighted by Crippen LogP contribution is 2.44. The maximum Gasteiger partial charge on any atom is 0.227 e. The molecule has 0 unspecified atom stereocenters. The van der Waals surface area contributed by atoms with Crippen LogP contribution in [0.15, 0.2) is 0 Å². The topological polar surface area (TPSA) is 75.3 Å². The van der Waals surface area contributed by atoms with Crippen molar-refractivity contribution in [3.05, 3.63) is 0 Å². The van der Waals surface area contributed by atoms with Crippen molar-refractivity contribution < 1.29 is 9.90 Å². The van der Waals surface area contributed by atoms with E-state index in [1.165, 1.54) is 0 Å². The highest BCUT2D eigenvalue weighted by molar-refractivity contribution is 5.86. The van der Waals surface area contributed by atoms with Crippen LogP contribution < -0.4 is 11.1 Å². The SMILES string of the molecule is CC(C)(CO)NC(=O)C1(CN)CC1. The lowest BCUT2D eigenvalue weighted by atomic mass is 10.0. The molecular weight excluding hydrogens is 168 g/mol. The first-order chi connectivity index (χ1) is 5.96. The minimum atomic E-state index is -0.540. The first kappa shape index (κ1) is 10.5. The third-order valence-corrected chi connectivity index (χ3v) is 2.57. The Kier molecular flexibility index (Phi) is 2.63. The van der Waals surface area contributed by atoms with E-state index in [2.05, 4.69) is 5.32 Å². The van der Waals surface area contributed by atoms with Gasteiger partial charge in [-0.05, 0) is 26.7 Å². The molecule has 0 atom stereocenters. The third-order valence-electron chi connectivity index (χ3n) is 2.57. The Morgan fingerprint density at radius 1 is 1.62 bits per heavy atom. The fourth-order valence-electron chi connectivity index (χ4n) is 1.15. The van der Waals surface area contributed by atoms with Crippen molar-refractivity contribution in [3.8, 4) is 0 Å². The zero-order valence-electron chi connectivity index (χ0n) is 8.26. The van der Waals surface area contributed by atoms with Gasteiger partial charge in [0.15, 0.2) is 0 Å². The van der Waals surface area contributed by atoms with Crippen LogP contribution in [-0.4, -0.2) is 29.7 Å². The van der Waals surface area contributed by atoms with Gasteiger partial charge in [-0.15, -0.1) is 0 Å². The molecule has 1 amide bonds. The van der Waals surface area contributed by atoms with E-state index in [-0.39, 0.29) is 17.9 Å². The third kappa shape index (κ3) is 2.19. The molecule has 1 aliphatic rings. The summed E-state index contributed by atoms with van der Waals surface area (Å²) in [6.07, 6.45) is 1.74. The molecule has 1 saturated carbocycles. The van der Waals surface area contributed by atoms with Gasteiger partial charge in [0.2, 0.25) is 5.91 Å². The molecule has 0 heterocycles. The normalized spacial score (nSPS) is 19.7. The summed E-state index contributed by atoms with van der Waals surface area (Å²) in [7, 11) is 0. The molecule has 13 heavy (non-hydrogen) atoms. The first-order valence-electron chi connectivity index (χ1n) is 4.59. The van der Waals surface area contributed by atoms with Gasteiger partial charge in [0.05, 0.1) is 17.6 Å². The highest BCUT2D eigenvalue weighted by Gasteiger charge is 2.49. The molecule has 0 aromatic rings. The van der Waals surface area contributed by atoms with E-state index in [1.807, 2.05) is 0 Å². The molecule has 0 spiro atoms. The summed E-state index contributed by atoms with van der Waals surface area (Å²) < 4.78 is 0. The number of nitrogens with one attached hydrogen (secondary N) is 1. The summed E-state index contributed by atoms with van der Waals surface area (Å²) in [4.78, 5) is 11.6. The Morgan fingerprint density at radius 2 is 2.15 bits per heavy atom. The van der Waals surface area contributed by atoms with Crippen molar-refractivity contribution in [3.63, 3.8) is 0 Å². The Hall–Kier alpha value is -0.610. The van der Waals surface area contributed by atoms with Crippen molar-refractivity contribution >= 4 is 5.91 Å². The monoisotopic (exact) mass is 186 g/mol. The minimum Gasteiger partial charge on any atom is -0.394 e. The number of carbonyl (C=O) groups excluding carboxylic acids is 1. The largest absolute Gasteiger partial charge is 0.394 e. The van der Waals surface area contributed by atoms with E-state index in [0.717, 1.165) is 12.8 Å². The average molecular weight is 186 g/mol. The lowest BCUT2D eigenvalue weighted by Gasteiger charge is -2.26. The average Bonchev–Trinajstić information content (AvgIpc) is 2.84. The van der Waals surface area contributed by atoms with E-state index in [1.54, 1.807) is 13.8 Å². The Labute approximate surface area is 78.5 Å². The second-order valence-corrected chi connectivity index (χ2v) is 4.48. The van der Waals surface area contributed by atoms with Gasteiger partial charge in [0, 0.05) is 6.54 Å². The molecule has 1 fully saturated rings. The molecule has 0 bridgehead atoms. The predicted molar refractivity (Wildman–Crippen MR) is 50.0 cm³/mol. The molecule has 4 nitrogen and oxygen atoms in total. The van der Waals surface area contributed by atoms with Gasteiger partial charge < -0.3 is 16.2 Å². The minimum absolute atomic E-state index is 0.0194. The van der Waals surface area contributed by atoms with Gasteiger partial charge in [-0.2, -0.15) is 0 Å². The van der Waals surface area contributed by atoms with Gasteiger partial charge in [-0.25, -0.2) is 0 Å². The standard InChI is InChI=1S/C9H18N2O2/c1-8(2,6-12)11-7(13)9(5-10)3-4-9/h12H,3-6,10H2,1-2H3,(H,11,13). The second kappa shape index (κ2) is 3.27. The Morgan fingerprint density at radius 3 is 2.46 bits per heavy atom. The Balaban J connectivity index is 2.51. The highest BCUT2D eigenvalue weighted by atomic mass is 16.3. The molecule has 0 aliphatic heterocycles. The van der Waals surface area contributed by atoms with Crippen molar-refractivity contribution in [1.29, 1.82) is 0 Å². The van der Waals surface area contributed by atoms with Gasteiger partial charge in [-0.3, -0.25) is 4.79 Å². The second-order valence-electron chi connectivity index (χ2n) is 4.48. The summed E-state index contributed by atoms with van der Waals surface area (Å²) in [5.74, 6) is -0.0194. The smallest absolute Gasteiger partial charge is 0.227 e. The molecule has 0 radical (unpaired) electrons. The molecule has 1 rings (SSSR count). The van der Waals surface area contributed by atoms with E-state index >= 15 is 0 Å². The molecule has 4 N–H and O–H groups in total. The summed E-state index contributed by atoms with van der Waals surface area (Å²) in [6, 6.07) is 0. The van der Waals surface area contributed by atoms with Crippen LogP contribution in [0.5, 0.6) is 0 Å². The number of rotatable bonds is 4. The van der Waals surface area contributed by atoms with Crippen LogP contribution in [0.25, 0.3) is 0 Å². The number of hydrogen-bond donors (Lipinski definition) is 3. The number of aliphatic hydroxyl groups excluding tert-OH is 1. The van der Waals surface area contributed by atoms with E-state index in [0.29, 0.717) is 6.54 Å². The Bertz CT molecular complexity index is 210. The molecule has 4 heteroatoms. The van der Waals surface area contributed by atoms with E-state index < -0.39 is 5.54 Å². The maximum absolute atomic E-state index is 11.6. The zero-order valence-corrected chi connectivity index (χ0v) is 8.26. The van der Waals surface area contributed by atoms with Gasteiger partial charge in [0.25, 0.3) is 0 Å². The molecule has 0 aromatic carbocycles. The van der Waals surface area contributed by atoms with Crippen LogP contribution in [0, 0.1) is 5.41 Å². The van der Waals surface area contributed by atoms with Crippen LogP contribution in [0.2, 0.25) is 0 Å². The van der Waals surface area contributed by atoms with Crippen molar-refractivity contribution in [2.24, 2.45) is 11.1 Å². The lowest BCUT2D eigenvalue weighted by molar-refractivity contribution is -0.128. The van der Waals surface area contributed by atoms with Crippen molar-refractivity contribution in [2.45, 2.75) is 32.2 Å². The van der Waals surface area contributed by atoms with Gasteiger partial charge in [0.1, 0.15) is 0 Å². The summed E-state index contributed by atoms with van der Waals surface area (Å²) in [5, 5.41) is 11.7. The first-order valence-corrected chi connectivity index (χ1v) is 4.59. The lowest BCUT2D eigenvalue weighted by Crippen LogP contribution is -2.50. The number of nitrogens with two attached hydrogens (primary N) is 1.